The first-order chi connectivity index (χ1) is 13.6. The number of ether oxygens (including phenoxy) is 1. The van der Waals surface area contributed by atoms with Crippen molar-refractivity contribution in [3.8, 4) is 11.3 Å². The number of halogens is 1. The molecule has 4 rings (SSSR count). The van der Waals surface area contributed by atoms with Crippen molar-refractivity contribution in [2.45, 2.75) is 13.5 Å². The number of hydrogen-bond acceptors (Lipinski definition) is 4. The van der Waals surface area contributed by atoms with E-state index >= 15 is 0 Å². The molecule has 0 saturated heterocycles. The van der Waals surface area contributed by atoms with Crippen LogP contribution in [0.4, 0.5) is 0 Å². The number of aromatic nitrogens is 4. The summed E-state index contributed by atoms with van der Waals surface area (Å²) < 4.78 is 8.75. The normalized spacial score (nSPS) is 11.1. The summed E-state index contributed by atoms with van der Waals surface area (Å²) in [6.07, 6.45) is 1.82. The van der Waals surface area contributed by atoms with E-state index in [1.807, 2.05) is 60.4 Å². The zero-order valence-corrected chi connectivity index (χ0v) is 16.3. The molecule has 0 atom stereocenters. The van der Waals surface area contributed by atoms with Gasteiger partial charge in [0.15, 0.2) is 5.69 Å². The molecule has 0 bridgehead atoms. The lowest BCUT2D eigenvalue weighted by Crippen LogP contribution is -2.08. The Balaban J connectivity index is 1.87. The van der Waals surface area contributed by atoms with Gasteiger partial charge in [0.1, 0.15) is 0 Å². The van der Waals surface area contributed by atoms with Crippen LogP contribution in [0.2, 0.25) is 5.02 Å². The van der Waals surface area contributed by atoms with E-state index < -0.39 is 5.97 Å². The van der Waals surface area contributed by atoms with Gasteiger partial charge in [-0.15, -0.1) is 0 Å². The van der Waals surface area contributed by atoms with E-state index in [4.69, 9.17) is 16.3 Å². The van der Waals surface area contributed by atoms with Crippen molar-refractivity contribution in [2.24, 2.45) is 7.05 Å². The zero-order chi connectivity index (χ0) is 19.7. The third-order valence-corrected chi connectivity index (χ3v) is 4.98. The van der Waals surface area contributed by atoms with Crippen molar-refractivity contribution in [3.05, 3.63) is 71.0 Å². The Hall–Kier alpha value is -3.12. The number of hydrogen-bond donors (Lipinski definition) is 0. The summed E-state index contributed by atoms with van der Waals surface area (Å²) in [5.74, 6) is -0.444. The lowest BCUT2D eigenvalue weighted by atomic mass is 10.1. The largest absolute Gasteiger partial charge is 0.461 e. The lowest BCUT2D eigenvalue weighted by molar-refractivity contribution is 0.0518. The van der Waals surface area contributed by atoms with Gasteiger partial charge in [-0.05, 0) is 30.7 Å². The Morgan fingerprint density at radius 3 is 2.79 bits per heavy atom. The fraction of sp³-hybridized carbons (Fsp3) is 0.190. The van der Waals surface area contributed by atoms with Gasteiger partial charge in [-0.1, -0.05) is 41.9 Å². The van der Waals surface area contributed by atoms with Crippen LogP contribution in [0.25, 0.3) is 22.2 Å². The fourth-order valence-electron chi connectivity index (χ4n) is 3.25. The highest BCUT2D eigenvalue weighted by Gasteiger charge is 2.19. The van der Waals surface area contributed by atoms with Crippen molar-refractivity contribution in [2.75, 3.05) is 6.61 Å². The summed E-state index contributed by atoms with van der Waals surface area (Å²) in [6, 6.07) is 15.3. The first kappa shape index (κ1) is 18.3. The van der Waals surface area contributed by atoms with Crippen LogP contribution in [0.1, 0.15) is 23.0 Å². The Labute approximate surface area is 167 Å². The molecule has 0 aliphatic heterocycles. The second-order valence-corrected chi connectivity index (χ2v) is 6.80. The molecule has 0 N–H and O–H groups in total. The van der Waals surface area contributed by atoms with Crippen LogP contribution in [0, 0.1) is 0 Å². The monoisotopic (exact) mass is 394 g/mol. The standard InChI is InChI=1S/C21H19ClN4O2/c1-3-28-21(27)18-11-20(15-8-6-10-19-16(15)12-23-25(19)2)26(24-18)13-14-7-4-5-9-17(14)22/h4-12H,3,13H2,1-2H3. The number of carbonyl (C=O) groups excluding carboxylic acids is 1. The van der Waals surface area contributed by atoms with Gasteiger partial charge in [-0.2, -0.15) is 10.2 Å². The highest BCUT2D eigenvalue weighted by atomic mass is 35.5. The summed E-state index contributed by atoms with van der Waals surface area (Å²) in [7, 11) is 1.90. The number of rotatable bonds is 5. The highest BCUT2D eigenvalue weighted by molar-refractivity contribution is 6.31. The average Bonchev–Trinajstić information content (AvgIpc) is 3.28. The number of esters is 1. The van der Waals surface area contributed by atoms with Crippen LogP contribution in [0.3, 0.4) is 0 Å². The molecule has 2 aromatic heterocycles. The minimum absolute atomic E-state index is 0.268. The van der Waals surface area contributed by atoms with E-state index in [0.29, 0.717) is 18.2 Å². The molecule has 0 radical (unpaired) electrons. The first-order valence-electron chi connectivity index (χ1n) is 8.98. The number of nitrogens with zero attached hydrogens (tertiary/aromatic N) is 4. The maximum Gasteiger partial charge on any atom is 0.358 e. The first-order valence-corrected chi connectivity index (χ1v) is 9.35. The maximum atomic E-state index is 12.3. The van der Waals surface area contributed by atoms with Crippen molar-refractivity contribution in [3.63, 3.8) is 0 Å². The molecule has 0 saturated carbocycles. The molecule has 0 spiro atoms. The predicted molar refractivity (Wildman–Crippen MR) is 108 cm³/mol. The molecule has 0 aliphatic carbocycles. The molecule has 0 aliphatic rings. The molecule has 0 amide bonds. The molecule has 6 nitrogen and oxygen atoms in total. The molecule has 142 valence electrons. The highest BCUT2D eigenvalue weighted by Crippen LogP contribution is 2.30. The SMILES string of the molecule is CCOC(=O)c1cc(-c2cccc3c2cnn3C)n(Cc2ccccc2Cl)n1. The van der Waals surface area contributed by atoms with Crippen molar-refractivity contribution < 1.29 is 9.53 Å². The van der Waals surface area contributed by atoms with E-state index in [9.17, 15) is 4.79 Å². The molecule has 2 heterocycles. The zero-order valence-electron chi connectivity index (χ0n) is 15.6. The second-order valence-electron chi connectivity index (χ2n) is 6.39. The van der Waals surface area contributed by atoms with Gasteiger partial charge in [0, 0.05) is 23.0 Å². The summed E-state index contributed by atoms with van der Waals surface area (Å²) in [6.45, 7) is 2.50. The van der Waals surface area contributed by atoms with Gasteiger partial charge in [0.2, 0.25) is 0 Å². The van der Waals surface area contributed by atoms with E-state index in [-0.39, 0.29) is 5.69 Å². The third kappa shape index (κ3) is 3.27. The molecule has 2 aromatic carbocycles. The Morgan fingerprint density at radius 2 is 2.00 bits per heavy atom. The number of benzene rings is 2. The summed E-state index contributed by atoms with van der Waals surface area (Å²) in [4.78, 5) is 12.3. The van der Waals surface area contributed by atoms with Crippen molar-refractivity contribution >= 4 is 28.5 Å². The molecule has 0 fully saturated rings. The van der Waals surface area contributed by atoms with Gasteiger partial charge in [-0.3, -0.25) is 9.36 Å². The molecule has 0 unspecified atom stereocenters. The summed E-state index contributed by atoms with van der Waals surface area (Å²) >= 11 is 6.34. The van der Waals surface area contributed by atoms with Gasteiger partial charge in [-0.25, -0.2) is 4.79 Å². The molecule has 7 heteroatoms. The van der Waals surface area contributed by atoms with Crippen LogP contribution in [0.15, 0.2) is 54.7 Å². The van der Waals surface area contributed by atoms with Crippen LogP contribution in [-0.4, -0.2) is 32.1 Å². The topological polar surface area (TPSA) is 61.9 Å². The molecular formula is C21H19ClN4O2. The second kappa shape index (κ2) is 7.48. The van der Waals surface area contributed by atoms with Gasteiger partial charge < -0.3 is 4.74 Å². The lowest BCUT2D eigenvalue weighted by Gasteiger charge is -2.10. The maximum absolute atomic E-state index is 12.3. The Bertz CT molecular complexity index is 1160. The minimum Gasteiger partial charge on any atom is -0.461 e. The van der Waals surface area contributed by atoms with E-state index in [1.54, 1.807) is 17.7 Å². The van der Waals surface area contributed by atoms with Crippen LogP contribution >= 0.6 is 11.6 Å². The number of fused-ring (bicyclic) bond motifs is 1. The van der Waals surface area contributed by atoms with E-state index in [0.717, 1.165) is 27.7 Å². The summed E-state index contributed by atoms with van der Waals surface area (Å²) in [5.41, 5.74) is 3.94. The van der Waals surface area contributed by atoms with Crippen LogP contribution in [0.5, 0.6) is 0 Å². The number of aryl methyl sites for hydroxylation is 1. The Kier molecular flexibility index (Phi) is 4.88. The minimum atomic E-state index is -0.444. The van der Waals surface area contributed by atoms with Gasteiger partial charge in [0.05, 0.1) is 30.6 Å². The third-order valence-electron chi connectivity index (χ3n) is 4.61. The van der Waals surface area contributed by atoms with Crippen LogP contribution < -0.4 is 0 Å². The van der Waals surface area contributed by atoms with Crippen LogP contribution in [-0.2, 0) is 18.3 Å². The number of carbonyl (C=O) groups is 1. The smallest absolute Gasteiger partial charge is 0.358 e. The fourth-order valence-corrected chi connectivity index (χ4v) is 3.44. The average molecular weight is 395 g/mol. The van der Waals surface area contributed by atoms with E-state index in [2.05, 4.69) is 10.2 Å². The summed E-state index contributed by atoms with van der Waals surface area (Å²) in [5, 5.41) is 10.5. The van der Waals surface area contributed by atoms with Crippen molar-refractivity contribution in [1.29, 1.82) is 0 Å². The molecular weight excluding hydrogens is 376 g/mol. The Morgan fingerprint density at radius 1 is 1.18 bits per heavy atom. The van der Waals surface area contributed by atoms with Crippen molar-refractivity contribution in [1.82, 2.24) is 19.6 Å². The predicted octanol–water partition coefficient (Wildman–Crippen LogP) is 4.32. The van der Waals surface area contributed by atoms with E-state index in [1.165, 1.54) is 0 Å². The van der Waals surface area contributed by atoms with Gasteiger partial charge >= 0.3 is 5.97 Å². The molecule has 28 heavy (non-hydrogen) atoms. The molecule has 4 aromatic rings. The quantitative estimate of drug-likeness (QED) is 0.473. The van der Waals surface area contributed by atoms with Gasteiger partial charge in [0.25, 0.3) is 0 Å².